The second kappa shape index (κ2) is 7.65. The monoisotopic (exact) mass is 436 g/mol. The summed E-state index contributed by atoms with van der Waals surface area (Å²) < 4.78 is 29.0. The fraction of sp³-hybridized carbons (Fsp3) is 0.0476. The van der Waals surface area contributed by atoms with Crippen molar-refractivity contribution in [1.82, 2.24) is 9.55 Å². The molecule has 0 spiro atoms. The Hall–Kier alpha value is -4.05. The number of aromatic nitrogens is 2. The van der Waals surface area contributed by atoms with Crippen LogP contribution in [0.25, 0.3) is 16.6 Å². The number of hydrogen-bond acceptors (Lipinski definition) is 6. The van der Waals surface area contributed by atoms with Crippen molar-refractivity contribution in [2.24, 2.45) is 0 Å². The van der Waals surface area contributed by atoms with E-state index in [0.29, 0.717) is 22.4 Å². The van der Waals surface area contributed by atoms with Crippen LogP contribution in [0, 0.1) is 17.0 Å². The molecule has 1 heterocycles. The molecule has 0 saturated heterocycles. The van der Waals surface area contributed by atoms with E-state index in [0.717, 1.165) is 12.1 Å². The normalized spacial score (nSPS) is 11.4. The van der Waals surface area contributed by atoms with E-state index in [1.807, 2.05) is 6.07 Å². The van der Waals surface area contributed by atoms with Crippen molar-refractivity contribution >= 4 is 32.3 Å². The maximum atomic E-state index is 12.9. The minimum absolute atomic E-state index is 0.104. The lowest BCUT2D eigenvalue weighted by molar-refractivity contribution is -0.384. The predicted octanol–water partition coefficient (Wildman–Crippen LogP) is 3.40. The summed E-state index contributed by atoms with van der Waals surface area (Å²) in [5.74, 6) is 0.503. The van der Waals surface area contributed by atoms with Crippen LogP contribution >= 0.6 is 0 Å². The molecule has 0 unspecified atom stereocenters. The van der Waals surface area contributed by atoms with Crippen LogP contribution in [0.2, 0.25) is 0 Å². The first-order chi connectivity index (χ1) is 14.8. The molecule has 0 fully saturated rings. The molecule has 10 heteroatoms. The number of hydrogen-bond donors (Lipinski definition) is 1. The molecule has 0 saturated carbocycles. The number of rotatable bonds is 5. The van der Waals surface area contributed by atoms with Gasteiger partial charge in [0.15, 0.2) is 0 Å². The van der Waals surface area contributed by atoms with Crippen LogP contribution in [0.15, 0.2) is 82.5 Å². The average Bonchev–Trinajstić information content (AvgIpc) is 2.75. The predicted molar refractivity (Wildman–Crippen MR) is 116 cm³/mol. The van der Waals surface area contributed by atoms with Gasteiger partial charge in [0.1, 0.15) is 5.82 Å². The highest BCUT2D eigenvalue weighted by atomic mass is 32.2. The van der Waals surface area contributed by atoms with Crippen LogP contribution < -0.4 is 10.3 Å². The van der Waals surface area contributed by atoms with Crippen molar-refractivity contribution in [2.75, 3.05) is 4.72 Å². The quantitative estimate of drug-likeness (QED) is 0.378. The zero-order chi connectivity index (χ0) is 22.2. The van der Waals surface area contributed by atoms with Crippen LogP contribution in [0.4, 0.5) is 11.4 Å². The van der Waals surface area contributed by atoms with Crippen LogP contribution in [0.5, 0.6) is 0 Å². The summed E-state index contributed by atoms with van der Waals surface area (Å²) >= 11 is 0. The van der Waals surface area contributed by atoms with E-state index in [4.69, 9.17) is 0 Å². The molecule has 0 aliphatic carbocycles. The van der Waals surface area contributed by atoms with E-state index in [2.05, 4.69) is 9.71 Å². The third-order valence-electron chi connectivity index (χ3n) is 4.68. The maximum Gasteiger partial charge on any atom is 0.269 e. The lowest BCUT2D eigenvalue weighted by Crippen LogP contribution is -2.22. The summed E-state index contributed by atoms with van der Waals surface area (Å²) in [4.78, 5) is 27.4. The molecule has 0 radical (unpaired) electrons. The minimum atomic E-state index is -3.93. The lowest BCUT2D eigenvalue weighted by atomic mass is 10.2. The minimum Gasteiger partial charge on any atom is -0.280 e. The number of benzene rings is 3. The largest absolute Gasteiger partial charge is 0.280 e. The van der Waals surface area contributed by atoms with Crippen molar-refractivity contribution in [3.05, 3.63) is 99.1 Å². The smallest absolute Gasteiger partial charge is 0.269 e. The number of aryl methyl sites for hydroxylation is 1. The number of nitrogens with one attached hydrogen (secondary N) is 1. The molecule has 0 atom stereocenters. The molecule has 9 nitrogen and oxygen atoms in total. The second-order valence-corrected chi connectivity index (χ2v) is 8.40. The molecule has 4 aromatic rings. The third kappa shape index (κ3) is 3.88. The number of anilines is 1. The van der Waals surface area contributed by atoms with Gasteiger partial charge in [0.05, 0.1) is 26.4 Å². The molecule has 31 heavy (non-hydrogen) atoms. The van der Waals surface area contributed by atoms with Crippen molar-refractivity contribution in [2.45, 2.75) is 11.8 Å². The van der Waals surface area contributed by atoms with E-state index >= 15 is 0 Å². The molecule has 1 aromatic heterocycles. The molecular weight excluding hydrogens is 420 g/mol. The van der Waals surface area contributed by atoms with Gasteiger partial charge in [-0.3, -0.25) is 24.2 Å². The van der Waals surface area contributed by atoms with Gasteiger partial charge in [0.25, 0.3) is 21.3 Å². The van der Waals surface area contributed by atoms with Crippen LogP contribution in [0.1, 0.15) is 5.82 Å². The first kappa shape index (κ1) is 20.2. The Bertz CT molecular complexity index is 1460. The Morgan fingerprint density at radius 2 is 1.61 bits per heavy atom. The van der Waals surface area contributed by atoms with Crippen LogP contribution in [0.3, 0.4) is 0 Å². The van der Waals surface area contributed by atoms with Crippen molar-refractivity contribution in [3.63, 3.8) is 0 Å². The number of para-hydroxylation sites is 1. The van der Waals surface area contributed by atoms with Gasteiger partial charge in [-0.05, 0) is 55.5 Å². The Morgan fingerprint density at radius 3 is 2.26 bits per heavy atom. The van der Waals surface area contributed by atoms with Crippen molar-refractivity contribution < 1.29 is 13.3 Å². The first-order valence-corrected chi connectivity index (χ1v) is 10.6. The SMILES string of the molecule is Cc1nc2ccccc2c(=O)n1-c1ccc(NS(=O)(=O)c2ccc([N+](=O)[O-])cc2)cc1. The molecule has 4 rings (SSSR count). The van der Waals surface area contributed by atoms with E-state index in [9.17, 15) is 23.3 Å². The molecule has 0 amide bonds. The van der Waals surface area contributed by atoms with E-state index in [1.165, 1.54) is 28.8 Å². The summed E-state index contributed by atoms with van der Waals surface area (Å²) in [7, 11) is -3.93. The van der Waals surface area contributed by atoms with Gasteiger partial charge >= 0.3 is 0 Å². The summed E-state index contributed by atoms with van der Waals surface area (Å²) in [6.45, 7) is 1.72. The van der Waals surface area contributed by atoms with Crippen LogP contribution in [-0.4, -0.2) is 22.9 Å². The first-order valence-electron chi connectivity index (χ1n) is 9.12. The number of non-ortho nitro benzene ring substituents is 1. The Labute approximate surface area is 176 Å². The molecule has 0 aliphatic rings. The summed E-state index contributed by atoms with van der Waals surface area (Å²) in [6.07, 6.45) is 0. The second-order valence-electron chi connectivity index (χ2n) is 6.72. The molecule has 3 aromatic carbocycles. The Morgan fingerprint density at radius 1 is 0.968 bits per heavy atom. The topological polar surface area (TPSA) is 124 Å². The highest BCUT2D eigenvalue weighted by Crippen LogP contribution is 2.21. The van der Waals surface area contributed by atoms with Gasteiger partial charge in [-0.1, -0.05) is 12.1 Å². The number of nitro benzene ring substituents is 1. The van der Waals surface area contributed by atoms with E-state index < -0.39 is 14.9 Å². The fourth-order valence-electron chi connectivity index (χ4n) is 3.19. The number of nitrogens with zero attached hydrogens (tertiary/aromatic N) is 3. The molecule has 156 valence electrons. The Balaban J connectivity index is 1.64. The highest BCUT2D eigenvalue weighted by molar-refractivity contribution is 7.92. The van der Waals surface area contributed by atoms with E-state index in [1.54, 1.807) is 37.3 Å². The van der Waals surface area contributed by atoms with Crippen molar-refractivity contribution in [3.8, 4) is 5.69 Å². The summed E-state index contributed by atoms with van der Waals surface area (Å²) in [6, 6.07) is 17.9. The van der Waals surface area contributed by atoms with Crippen molar-refractivity contribution in [1.29, 1.82) is 0 Å². The zero-order valence-corrected chi connectivity index (χ0v) is 17.0. The van der Waals surface area contributed by atoms with Gasteiger partial charge in [-0.15, -0.1) is 0 Å². The maximum absolute atomic E-state index is 12.9. The highest BCUT2D eigenvalue weighted by Gasteiger charge is 2.16. The lowest BCUT2D eigenvalue weighted by Gasteiger charge is -2.12. The average molecular weight is 436 g/mol. The zero-order valence-electron chi connectivity index (χ0n) is 16.2. The molecule has 0 bridgehead atoms. The van der Waals surface area contributed by atoms with Gasteiger partial charge < -0.3 is 0 Å². The molecular formula is C21H16N4O5S. The molecule has 1 N–H and O–H groups in total. The number of sulfonamides is 1. The van der Waals surface area contributed by atoms with Gasteiger partial charge in [0, 0.05) is 17.8 Å². The summed E-state index contributed by atoms with van der Waals surface area (Å²) in [5.41, 5.74) is 1.00. The van der Waals surface area contributed by atoms with Gasteiger partial charge in [-0.2, -0.15) is 0 Å². The number of nitro groups is 1. The molecule has 0 aliphatic heterocycles. The van der Waals surface area contributed by atoms with Gasteiger partial charge in [-0.25, -0.2) is 13.4 Å². The van der Waals surface area contributed by atoms with Gasteiger partial charge in [0.2, 0.25) is 0 Å². The Kier molecular flexibility index (Phi) is 4.99. The van der Waals surface area contributed by atoms with Crippen LogP contribution in [-0.2, 0) is 10.0 Å². The third-order valence-corrected chi connectivity index (χ3v) is 6.08. The summed E-state index contributed by atoms with van der Waals surface area (Å²) in [5, 5.41) is 11.2. The fourth-order valence-corrected chi connectivity index (χ4v) is 4.25. The number of fused-ring (bicyclic) bond motifs is 1. The standard InChI is InChI=1S/C21H16N4O5S/c1-14-22-20-5-3-2-4-19(20)21(26)24(14)16-8-6-15(7-9-16)23-31(29,30)18-12-10-17(11-13-18)25(27)28/h2-13,23H,1H3. The van der Waals surface area contributed by atoms with E-state index in [-0.39, 0.29) is 21.8 Å².